The van der Waals surface area contributed by atoms with E-state index in [0.717, 1.165) is 0 Å². The van der Waals surface area contributed by atoms with Crippen LogP contribution >= 0.6 is 7.37 Å². The van der Waals surface area contributed by atoms with Crippen LogP contribution in [0.4, 0.5) is 0 Å². The molecule has 1 aromatic carbocycles. The van der Waals surface area contributed by atoms with Crippen molar-refractivity contribution in [1.82, 2.24) is 0 Å². The van der Waals surface area contributed by atoms with E-state index in [1.54, 1.807) is 37.3 Å². The lowest BCUT2D eigenvalue weighted by Gasteiger charge is -2.38. The molecule has 1 aliphatic rings. The molecule has 0 unspecified atom stereocenters. The second-order valence-electron chi connectivity index (χ2n) is 4.69. The van der Waals surface area contributed by atoms with Crippen molar-refractivity contribution < 1.29 is 24.4 Å². The predicted molar refractivity (Wildman–Crippen MR) is 66.7 cm³/mol. The Labute approximate surface area is 105 Å². The number of hydrogen-bond donors (Lipinski definition) is 3. The number of aliphatic hydroxyl groups is 3. The Hall–Kier alpha value is -0.870. The zero-order valence-corrected chi connectivity index (χ0v) is 10.9. The average Bonchev–Trinajstić information content (AvgIpc) is 2.35. The Balaban J connectivity index is 2.22. The highest BCUT2D eigenvalue weighted by atomic mass is 31.2. The van der Waals surface area contributed by atoms with E-state index in [4.69, 9.17) is 4.52 Å². The lowest BCUT2D eigenvalue weighted by atomic mass is 10.0. The minimum Gasteiger partial charge on any atom is -0.441 e. The summed E-state index contributed by atoms with van der Waals surface area (Å²) in [6.45, 7) is 1.67. The summed E-state index contributed by atoms with van der Waals surface area (Å²) in [5, 5.41) is 29.2. The maximum absolute atomic E-state index is 12.6. The summed E-state index contributed by atoms with van der Waals surface area (Å²) in [6, 6.07) is 8.52. The first-order chi connectivity index (χ1) is 8.44. The van der Waals surface area contributed by atoms with Gasteiger partial charge in [0.15, 0.2) is 5.85 Å². The van der Waals surface area contributed by atoms with Gasteiger partial charge in [-0.05, 0) is 18.1 Å². The van der Waals surface area contributed by atoms with Crippen LogP contribution in [0.5, 0.6) is 5.75 Å². The van der Waals surface area contributed by atoms with Crippen LogP contribution in [0.25, 0.3) is 0 Å². The van der Waals surface area contributed by atoms with Crippen LogP contribution in [0.2, 0.25) is 0 Å². The molecule has 0 radical (unpaired) electrons. The van der Waals surface area contributed by atoms with Crippen LogP contribution in [0.15, 0.2) is 30.3 Å². The van der Waals surface area contributed by atoms with E-state index in [0.29, 0.717) is 5.75 Å². The molecule has 5 nitrogen and oxygen atoms in total. The Morgan fingerprint density at radius 1 is 1.17 bits per heavy atom. The zero-order valence-electron chi connectivity index (χ0n) is 10.0. The molecule has 6 heteroatoms. The molecule has 1 saturated heterocycles. The highest BCUT2D eigenvalue weighted by molar-refractivity contribution is 7.60. The molecule has 1 heterocycles. The summed E-state index contributed by atoms with van der Waals surface area (Å²) in [4.78, 5) is 0. The van der Waals surface area contributed by atoms with Crippen molar-refractivity contribution in [3.8, 4) is 5.75 Å². The van der Waals surface area contributed by atoms with Crippen molar-refractivity contribution in [3.05, 3.63) is 30.3 Å². The standard InChI is InChI=1S/C12H17O5P/c1-8-7-18(16,12(15)11(14)10(8)13)17-9-5-3-2-4-6-9/h2-6,8,10-15H,7H2,1H3/t8-,10+,11-,12+,18-/m0/s1. The fourth-order valence-corrected chi connectivity index (χ4v) is 4.65. The molecular formula is C12H17O5P. The van der Waals surface area contributed by atoms with Crippen LogP contribution in [0.3, 0.4) is 0 Å². The van der Waals surface area contributed by atoms with Gasteiger partial charge in [0.05, 0.1) is 6.10 Å². The molecule has 0 spiro atoms. The predicted octanol–water partition coefficient (Wildman–Crippen LogP) is 1.03. The quantitative estimate of drug-likeness (QED) is 0.700. The van der Waals surface area contributed by atoms with Gasteiger partial charge in [0.2, 0.25) is 0 Å². The molecule has 3 N–H and O–H groups in total. The highest BCUT2D eigenvalue weighted by Gasteiger charge is 2.49. The van der Waals surface area contributed by atoms with Crippen molar-refractivity contribution in [2.45, 2.75) is 25.0 Å². The smallest absolute Gasteiger partial charge is 0.278 e. The van der Waals surface area contributed by atoms with Gasteiger partial charge < -0.3 is 19.8 Å². The van der Waals surface area contributed by atoms with Crippen molar-refractivity contribution in [2.75, 3.05) is 6.16 Å². The molecule has 0 aliphatic carbocycles. The van der Waals surface area contributed by atoms with Gasteiger partial charge in [0.25, 0.3) is 7.37 Å². The molecule has 5 atom stereocenters. The van der Waals surface area contributed by atoms with Crippen molar-refractivity contribution >= 4 is 7.37 Å². The first-order valence-corrected chi connectivity index (χ1v) is 7.69. The fraction of sp³-hybridized carbons (Fsp3) is 0.500. The van der Waals surface area contributed by atoms with Crippen molar-refractivity contribution in [2.24, 2.45) is 5.92 Å². The number of benzene rings is 1. The minimum absolute atomic E-state index is 0.0429. The van der Waals surface area contributed by atoms with Crippen LogP contribution in [-0.4, -0.2) is 39.5 Å². The molecule has 0 saturated carbocycles. The van der Waals surface area contributed by atoms with Gasteiger partial charge in [-0.1, -0.05) is 25.1 Å². The largest absolute Gasteiger partial charge is 0.441 e. The lowest BCUT2D eigenvalue weighted by Crippen LogP contribution is -2.48. The highest BCUT2D eigenvalue weighted by Crippen LogP contribution is 2.56. The lowest BCUT2D eigenvalue weighted by molar-refractivity contribution is -0.0611. The normalized spacial score (nSPS) is 40.4. The third-order valence-corrected chi connectivity index (χ3v) is 5.90. The number of rotatable bonds is 2. The second kappa shape index (κ2) is 5.02. The zero-order chi connectivity index (χ0) is 13.3. The van der Waals surface area contributed by atoms with E-state index >= 15 is 0 Å². The summed E-state index contributed by atoms with van der Waals surface area (Å²) in [5.41, 5.74) is 0. The number of aliphatic hydroxyl groups excluding tert-OH is 3. The average molecular weight is 272 g/mol. The monoisotopic (exact) mass is 272 g/mol. The summed E-state index contributed by atoms with van der Waals surface area (Å²) < 4.78 is 17.9. The summed E-state index contributed by atoms with van der Waals surface area (Å²) in [6.07, 6.45) is -2.48. The fourth-order valence-electron chi connectivity index (χ4n) is 2.11. The topological polar surface area (TPSA) is 87.0 Å². The van der Waals surface area contributed by atoms with Crippen LogP contribution in [0, 0.1) is 5.92 Å². The van der Waals surface area contributed by atoms with E-state index in [-0.39, 0.29) is 6.16 Å². The Kier molecular flexibility index (Phi) is 3.78. The third-order valence-electron chi connectivity index (χ3n) is 3.19. The number of hydrogen-bond acceptors (Lipinski definition) is 5. The molecule has 1 fully saturated rings. The van der Waals surface area contributed by atoms with Crippen molar-refractivity contribution in [3.63, 3.8) is 0 Å². The molecule has 100 valence electrons. The summed E-state index contributed by atoms with van der Waals surface area (Å²) in [7, 11) is -3.43. The van der Waals surface area contributed by atoms with Gasteiger partial charge in [0, 0.05) is 6.16 Å². The molecule has 2 rings (SSSR count). The van der Waals surface area contributed by atoms with Gasteiger partial charge in [-0.2, -0.15) is 0 Å². The van der Waals surface area contributed by atoms with E-state index in [9.17, 15) is 19.9 Å². The maximum atomic E-state index is 12.6. The van der Waals surface area contributed by atoms with E-state index in [1.807, 2.05) is 0 Å². The van der Waals surface area contributed by atoms with Gasteiger partial charge in [-0.15, -0.1) is 0 Å². The number of para-hydroxylation sites is 1. The van der Waals surface area contributed by atoms with Crippen LogP contribution < -0.4 is 4.52 Å². The molecule has 0 bridgehead atoms. The third kappa shape index (κ3) is 2.45. The summed E-state index contributed by atoms with van der Waals surface area (Å²) in [5.74, 6) is -1.56. The van der Waals surface area contributed by atoms with Crippen LogP contribution in [0.1, 0.15) is 6.92 Å². The Morgan fingerprint density at radius 3 is 2.39 bits per heavy atom. The molecule has 0 aromatic heterocycles. The molecule has 1 aromatic rings. The SMILES string of the molecule is C[C@H]1C[P@](=O)(Oc2ccccc2)[C@@H](O)[C@@H](O)[C@@H]1O. The van der Waals surface area contributed by atoms with E-state index < -0.39 is 31.3 Å². The Bertz CT molecular complexity index is 449. The molecule has 0 amide bonds. The van der Waals surface area contributed by atoms with Crippen molar-refractivity contribution in [1.29, 1.82) is 0 Å². The van der Waals surface area contributed by atoms with E-state index in [2.05, 4.69) is 0 Å². The minimum atomic E-state index is -3.43. The summed E-state index contributed by atoms with van der Waals surface area (Å²) >= 11 is 0. The molecule has 18 heavy (non-hydrogen) atoms. The Morgan fingerprint density at radius 2 is 1.78 bits per heavy atom. The van der Waals surface area contributed by atoms with Gasteiger partial charge in [0.1, 0.15) is 11.9 Å². The second-order valence-corrected chi connectivity index (χ2v) is 7.21. The first kappa shape index (κ1) is 13.6. The van der Waals surface area contributed by atoms with Gasteiger partial charge >= 0.3 is 0 Å². The van der Waals surface area contributed by atoms with Gasteiger partial charge in [-0.3, -0.25) is 4.57 Å². The molecule has 1 aliphatic heterocycles. The molecular weight excluding hydrogens is 255 g/mol. The van der Waals surface area contributed by atoms with Gasteiger partial charge in [-0.25, -0.2) is 0 Å². The van der Waals surface area contributed by atoms with E-state index in [1.165, 1.54) is 0 Å². The van der Waals surface area contributed by atoms with Crippen LogP contribution in [-0.2, 0) is 4.57 Å². The maximum Gasteiger partial charge on any atom is 0.278 e. The first-order valence-electron chi connectivity index (χ1n) is 5.81.